The fraction of sp³-hybridized carbons (Fsp3) is 0.556. The van der Waals surface area contributed by atoms with Crippen LogP contribution < -0.4 is 10.9 Å². The third-order valence-electron chi connectivity index (χ3n) is 4.78. The Morgan fingerprint density at radius 3 is 2.76 bits per heavy atom. The predicted octanol–water partition coefficient (Wildman–Crippen LogP) is 3.48. The van der Waals surface area contributed by atoms with Crippen LogP contribution in [0.25, 0.3) is 10.9 Å². The summed E-state index contributed by atoms with van der Waals surface area (Å²) in [7, 11) is 0. The summed E-state index contributed by atoms with van der Waals surface area (Å²) < 4.78 is 6.59. The van der Waals surface area contributed by atoms with Gasteiger partial charge in [0.2, 0.25) is 0 Å². The number of carbonyl (C=O) groups excluding carboxylic acids is 1. The van der Waals surface area contributed by atoms with Gasteiger partial charge in [0, 0.05) is 25.0 Å². The van der Waals surface area contributed by atoms with E-state index in [-0.39, 0.29) is 17.5 Å². The zero-order valence-electron chi connectivity index (χ0n) is 14.4. The molecule has 0 bridgehead atoms. The fourth-order valence-corrected chi connectivity index (χ4v) is 3.76. The van der Waals surface area contributed by atoms with Crippen LogP contribution in [0.1, 0.15) is 55.8 Å². The van der Waals surface area contributed by atoms with Crippen molar-refractivity contribution in [2.45, 2.75) is 57.6 Å². The highest BCUT2D eigenvalue weighted by Crippen LogP contribution is 2.24. The summed E-state index contributed by atoms with van der Waals surface area (Å²) in [6.45, 7) is 2.98. The van der Waals surface area contributed by atoms with E-state index in [2.05, 4.69) is 38.1 Å². The quantitative estimate of drug-likeness (QED) is 0.638. The number of nitrogens with one attached hydrogen (secondary N) is 3. The molecule has 1 fully saturated rings. The summed E-state index contributed by atoms with van der Waals surface area (Å²) >= 11 is 3.38. The number of hydrogen-bond acceptors (Lipinski definition) is 3. The van der Waals surface area contributed by atoms with Crippen molar-refractivity contribution in [3.8, 4) is 0 Å². The van der Waals surface area contributed by atoms with Crippen molar-refractivity contribution in [1.29, 1.82) is 0 Å². The Balaban J connectivity index is 1.61. The highest BCUT2D eigenvalue weighted by atomic mass is 79.9. The fourth-order valence-electron chi connectivity index (χ4n) is 3.33. The maximum atomic E-state index is 12.6. The van der Waals surface area contributed by atoms with Crippen LogP contribution in [-0.4, -0.2) is 34.6 Å². The topological polar surface area (TPSA) is 87.0 Å². The highest BCUT2D eigenvalue weighted by molar-refractivity contribution is 9.10. The number of ether oxygens (including phenoxy) is 1. The highest BCUT2D eigenvalue weighted by Gasteiger charge is 2.24. The Bertz CT molecular complexity index is 790. The van der Waals surface area contributed by atoms with Gasteiger partial charge >= 0.3 is 0 Å². The van der Waals surface area contributed by atoms with Crippen LogP contribution in [0.2, 0.25) is 0 Å². The lowest BCUT2D eigenvalue weighted by Gasteiger charge is -2.29. The molecule has 1 aliphatic carbocycles. The van der Waals surface area contributed by atoms with E-state index in [0.717, 1.165) is 49.6 Å². The first-order valence-corrected chi connectivity index (χ1v) is 9.70. The number of hydrogen-bond donors (Lipinski definition) is 3. The van der Waals surface area contributed by atoms with E-state index in [4.69, 9.17) is 4.74 Å². The molecule has 7 heteroatoms. The van der Waals surface area contributed by atoms with E-state index >= 15 is 0 Å². The van der Waals surface area contributed by atoms with Crippen molar-refractivity contribution in [2.75, 3.05) is 6.61 Å². The van der Waals surface area contributed by atoms with Crippen molar-refractivity contribution in [3.63, 3.8) is 0 Å². The molecule has 2 aromatic rings. The molecule has 0 atom stereocenters. The van der Waals surface area contributed by atoms with Crippen molar-refractivity contribution in [2.24, 2.45) is 0 Å². The molecule has 1 aliphatic rings. The molecule has 0 radical (unpaired) electrons. The summed E-state index contributed by atoms with van der Waals surface area (Å²) in [6.07, 6.45) is 9.47. The summed E-state index contributed by atoms with van der Waals surface area (Å²) in [4.78, 5) is 30.3. The minimum atomic E-state index is -0.266. The maximum absolute atomic E-state index is 12.6. The van der Waals surface area contributed by atoms with Gasteiger partial charge in [0.05, 0.1) is 27.0 Å². The van der Waals surface area contributed by atoms with Gasteiger partial charge in [-0.1, -0.05) is 13.3 Å². The molecule has 0 saturated heterocycles. The van der Waals surface area contributed by atoms with Gasteiger partial charge in [0.25, 0.3) is 11.5 Å². The number of aromatic nitrogens is 2. The largest absolute Gasteiger partial charge is 0.378 e. The molecule has 1 saturated carbocycles. The van der Waals surface area contributed by atoms with Crippen LogP contribution in [0.3, 0.4) is 0 Å². The lowest BCUT2D eigenvalue weighted by molar-refractivity contribution is 0.0209. The van der Waals surface area contributed by atoms with Crippen molar-refractivity contribution < 1.29 is 9.53 Å². The second-order valence-corrected chi connectivity index (χ2v) is 7.44. The summed E-state index contributed by atoms with van der Waals surface area (Å²) in [5.74, 6) is -0.204. The van der Waals surface area contributed by atoms with Crippen LogP contribution in [0.5, 0.6) is 0 Å². The lowest BCUT2D eigenvalue weighted by Crippen LogP contribution is -2.39. The Labute approximate surface area is 154 Å². The number of carbonyl (C=O) groups is 1. The third-order valence-corrected chi connectivity index (χ3v) is 5.41. The van der Waals surface area contributed by atoms with Gasteiger partial charge in [-0.3, -0.25) is 9.59 Å². The van der Waals surface area contributed by atoms with Gasteiger partial charge in [-0.25, -0.2) is 0 Å². The molecule has 0 aromatic carbocycles. The smallest absolute Gasteiger partial charge is 0.258 e. The zero-order chi connectivity index (χ0) is 17.8. The second kappa shape index (κ2) is 8.19. The number of halogens is 1. The van der Waals surface area contributed by atoms with E-state index < -0.39 is 0 Å². The average molecular weight is 410 g/mol. The van der Waals surface area contributed by atoms with Gasteiger partial charge < -0.3 is 20.0 Å². The van der Waals surface area contributed by atoms with Crippen LogP contribution in [0.4, 0.5) is 0 Å². The van der Waals surface area contributed by atoms with E-state index in [1.165, 1.54) is 0 Å². The number of amides is 1. The van der Waals surface area contributed by atoms with Crippen LogP contribution in [0, 0.1) is 0 Å². The monoisotopic (exact) mass is 409 g/mol. The Morgan fingerprint density at radius 1 is 1.28 bits per heavy atom. The summed E-state index contributed by atoms with van der Waals surface area (Å²) in [5.41, 5.74) is 0.762. The van der Waals surface area contributed by atoms with Crippen molar-refractivity contribution in [3.05, 3.63) is 32.8 Å². The molecule has 3 N–H and O–H groups in total. The second-order valence-electron chi connectivity index (χ2n) is 6.59. The normalized spacial score (nSPS) is 20.7. The third kappa shape index (κ3) is 4.15. The van der Waals surface area contributed by atoms with E-state index in [1.54, 1.807) is 12.4 Å². The SMILES string of the molecule is CCCCO[C@H]1CC[C@H](NC(=O)c2c[nH]c3c(Br)c[nH]c(=O)c23)CC1. The Kier molecular flexibility index (Phi) is 5.96. The molecular formula is C18H24BrN3O3. The molecule has 1 amide bonds. The van der Waals surface area contributed by atoms with Crippen molar-refractivity contribution >= 4 is 32.7 Å². The molecular weight excluding hydrogens is 386 g/mol. The van der Waals surface area contributed by atoms with Gasteiger partial charge in [0.1, 0.15) is 0 Å². The minimum Gasteiger partial charge on any atom is -0.378 e. The van der Waals surface area contributed by atoms with Crippen molar-refractivity contribution in [1.82, 2.24) is 15.3 Å². The predicted molar refractivity (Wildman–Crippen MR) is 101 cm³/mol. The minimum absolute atomic E-state index is 0.134. The molecule has 2 aromatic heterocycles. The average Bonchev–Trinajstić information content (AvgIpc) is 3.06. The first-order chi connectivity index (χ1) is 12.1. The standard InChI is InChI=1S/C18H24BrN3O3/c1-2-3-8-25-12-6-4-11(5-7-12)22-17(23)13-9-20-16-14(19)10-21-18(24)15(13)16/h9-12,20H,2-8H2,1H3,(H,21,24)(H,22,23)/t11-,12-. The first-order valence-electron chi connectivity index (χ1n) is 8.91. The molecule has 25 heavy (non-hydrogen) atoms. The van der Waals surface area contributed by atoms with Gasteiger partial charge in [0.15, 0.2) is 0 Å². The molecule has 0 unspecified atom stereocenters. The molecule has 2 heterocycles. The number of rotatable bonds is 6. The zero-order valence-corrected chi connectivity index (χ0v) is 15.9. The van der Waals surface area contributed by atoms with E-state index in [0.29, 0.717) is 22.6 Å². The molecule has 136 valence electrons. The molecule has 0 aliphatic heterocycles. The van der Waals surface area contributed by atoms with Gasteiger partial charge in [-0.05, 0) is 48.0 Å². The van der Waals surface area contributed by atoms with Gasteiger partial charge in [-0.15, -0.1) is 0 Å². The number of pyridine rings is 1. The number of fused-ring (bicyclic) bond motifs is 1. The first kappa shape index (κ1) is 18.2. The Morgan fingerprint density at radius 2 is 2.04 bits per heavy atom. The van der Waals surface area contributed by atoms with Crippen LogP contribution in [-0.2, 0) is 4.74 Å². The molecule has 6 nitrogen and oxygen atoms in total. The summed E-state index contributed by atoms with van der Waals surface area (Å²) in [5, 5.41) is 3.46. The molecule has 0 spiro atoms. The summed E-state index contributed by atoms with van der Waals surface area (Å²) in [6, 6.07) is 0.134. The van der Waals surface area contributed by atoms with E-state index in [9.17, 15) is 9.59 Å². The lowest BCUT2D eigenvalue weighted by atomic mass is 9.92. The van der Waals surface area contributed by atoms with E-state index in [1.807, 2.05) is 0 Å². The number of unbranched alkanes of at least 4 members (excludes halogenated alkanes) is 1. The Hall–Kier alpha value is -1.60. The molecule has 3 rings (SSSR count). The maximum Gasteiger partial charge on any atom is 0.258 e. The van der Waals surface area contributed by atoms with Crippen LogP contribution >= 0.6 is 15.9 Å². The number of aromatic amines is 2. The van der Waals surface area contributed by atoms with Gasteiger partial charge in [-0.2, -0.15) is 0 Å². The van der Waals surface area contributed by atoms with Crippen LogP contribution in [0.15, 0.2) is 21.7 Å². The number of H-pyrrole nitrogens is 2.